The molecule has 6 heteroatoms. The van der Waals surface area contributed by atoms with Crippen LogP contribution in [0.3, 0.4) is 0 Å². The number of halogens is 1. The number of aryl methyl sites for hydroxylation is 1. The van der Waals surface area contributed by atoms with E-state index >= 15 is 0 Å². The van der Waals surface area contributed by atoms with E-state index in [1.54, 1.807) is 36.0 Å². The maximum Gasteiger partial charge on any atom is 0.340 e. The van der Waals surface area contributed by atoms with Gasteiger partial charge in [0.15, 0.2) is 0 Å². The van der Waals surface area contributed by atoms with Gasteiger partial charge in [0.05, 0.1) is 22.9 Å². The van der Waals surface area contributed by atoms with E-state index in [2.05, 4.69) is 4.98 Å². The summed E-state index contributed by atoms with van der Waals surface area (Å²) in [6.07, 6.45) is 3.37. The first-order valence-corrected chi connectivity index (χ1v) is 6.18. The molecule has 0 fully saturated rings. The SMILES string of the molecule is CCOC(=O)c1cc(N)cc(Cl)c1-n1ccnc1C. The number of hydrogen-bond acceptors (Lipinski definition) is 4. The van der Waals surface area contributed by atoms with E-state index in [0.29, 0.717) is 22.0 Å². The van der Waals surface area contributed by atoms with Crippen LogP contribution in [0.2, 0.25) is 5.02 Å². The Bertz CT molecular complexity index is 622. The Labute approximate surface area is 116 Å². The Morgan fingerprint density at radius 3 is 2.84 bits per heavy atom. The minimum atomic E-state index is -0.459. The molecule has 2 aromatic rings. The molecule has 19 heavy (non-hydrogen) atoms. The molecule has 2 rings (SSSR count). The summed E-state index contributed by atoms with van der Waals surface area (Å²) >= 11 is 6.21. The highest BCUT2D eigenvalue weighted by molar-refractivity contribution is 6.33. The van der Waals surface area contributed by atoms with Crippen LogP contribution in [0.1, 0.15) is 23.1 Å². The molecule has 0 aliphatic carbocycles. The number of carbonyl (C=O) groups excluding carboxylic acids is 1. The predicted octanol–water partition coefficient (Wildman–Crippen LogP) is 2.59. The molecule has 0 saturated carbocycles. The summed E-state index contributed by atoms with van der Waals surface area (Å²) in [5, 5.41) is 0.379. The zero-order valence-electron chi connectivity index (χ0n) is 10.7. The lowest BCUT2D eigenvalue weighted by Gasteiger charge is -2.14. The summed E-state index contributed by atoms with van der Waals surface area (Å²) in [5.74, 6) is 0.261. The Hall–Kier alpha value is -2.01. The van der Waals surface area contributed by atoms with Crippen LogP contribution in [0.25, 0.3) is 5.69 Å². The molecular weight excluding hydrogens is 266 g/mol. The monoisotopic (exact) mass is 279 g/mol. The Morgan fingerprint density at radius 2 is 2.26 bits per heavy atom. The Morgan fingerprint density at radius 1 is 1.53 bits per heavy atom. The standard InChI is InChI=1S/C13H14ClN3O2/c1-3-19-13(18)10-6-9(15)7-11(14)12(10)17-5-4-16-8(17)2/h4-7H,3,15H2,1-2H3. The number of imidazole rings is 1. The van der Waals surface area contributed by atoms with Gasteiger partial charge in [-0.15, -0.1) is 0 Å². The number of anilines is 1. The third-order valence-corrected chi connectivity index (χ3v) is 2.94. The van der Waals surface area contributed by atoms with Gasteiger partial charge in [-0.3, -0.25) is 0 Å². The lowest BCUT2D eigenvalue weighted by molar-refractivity contribution is 0.0526. The lowest BCUT2D eigenvalue weighted by atomic mass is 10.1. The summed E-state index contributed by atoms with van der Waals surface area (Å²) in [7, 11) is 0. The maximum absolute atomic E-state index is 12.0. The number of aromatic nitrogens is 2. The number of nitrogen functional groups attached to an aromatic ring is 1. The van der Waals surface area contributed by atoms with Gasteiger partial charge in [0.25, 0.3) is 0 Å². The van der Waals surface area contributed by atoms with Gasteiger partial charge in [-0.25, -0.2) is 9.78 Å². The van der Waals surface area contributed by atoms with E-state index in [1.165, 1.54) is 0 Å². The maximum atomic E-state index is 12.0. The van der Waals surface area contributed by atoms with Crippen LogP contribution >= 0.6 is 11.6 Å². The van der Waals surface area contributed by atoms with Crippen LogP contribution < -0.4 is 5.73 Å². The van der Waals surface area contributed by atoms with Crippen LogP contribution in [-0.2, 0) is 4.74 Å². The molecule has 2 N–H and O–H groups in total. The van der Waals surface area contributed by atoms with Crippen molar-refractivity contribution in [2.45, 2.75) is 13.8 Å². The summed E-state index contributed by atoms with van der Waals surface area (Å²) in [6, 6.07) is 3.15. The Balaban J connectivity index is 2.65. The molecule has 5 nitrogen and oxygen atoms in total. The fourth-order valence-corrected chi connectivity index (χ4v) is 2.16. The number of rotatable bonds is 3. The van der Waals surface area contributed by atoms with Gasteiger partial charge >= 0.3 is 5.97 Å². The van der Waals surface area contributed by atoms with Crippen molar-refractivity contribution in [3.63, 3.8) is 0 Å². The summed E-state index contributed by atoms with van der Waals surface area (Å²) < 4.78 is 6.76. The minimum absolute atomic E-state index is 0.285. The number of nitrogens with two attached hydrogens (primary N) is 1. The molecule has 0 saturated heterocycles. The van der Waals surface area contributed by atoms with Crippen molar-refractivity contribution in [2.75, 3.05) is 12.3 Å². The number of carbonyl (C=O) groups is 1. The van der Waals surface area contributed by atoms with Crippen LogP contribution in [-0.4, -0.2) is 22.1 Å². The smallest absolute Gasteiger partial charge is 0.340 e. The highest BCUT2D eigenvalue weighted by Gasteiger charge is 2.19. The minimum Gasteiger partial charge on any atom is -0.462 e. The average Bonchev–Trinajstić information content (AvgIpc) is 2.74. The Kier molecular flexibility index (Phi) is 3.76. The van der Waals surface area contributed by atoms with Gasteiger partial charge in [0.2, 0.25) is 0 Å². The molecule has 0 aliphatic heterocycles. The van der Waals surface area contributed by atoms with E-state index in [0.717, 1.165) is 5.82 Å². The first-order chi connectivity index (χ1) is 9.04. The van der Waals surface area contributed by atoms with Gasteiger partial charge in [-0.1, -0.05) is 11.6 Å². The van der Waals surface area contributed by atoms with E-state index in [1.807, 2.05) is 6.92 Å². The second kappa shape index (κ2) is 5.32. The third kappa shape index (κ3) is 2.56. The molecule has 0 unspecified atom stereocenters. The molecule has 0 atom stereocenters. The fourth-order valence-electron chi connectivity index (χ4n) is 1.84. The summed E-state index contributed by atoms with van der Waals surface area (Å²) in [4.78, 5) is 16.1. The fraction of sp³-hybridized carbons (Fsp3) is 0.231. The number of esters is 1. The quantitative estimate of drug-likeness (QED) is 0.692. The molecular formula is C13H14ClN3O2. The average molecular weight is 280 g/mol. The molecule has 1 aromatic heterocycles. The first kappa shape index (κ1) is 13.4. The highest BCUT2D eigenvalue weighted by atomic mass is 35.5. The molecule has 0 bridgehead atoms. The van der Waals surface area contributed by atoms with Crippen molar-refractivity contribution in [1.29, 1.82) is 0 Å². The summed E-state index contributed by atoms with van der Waals surface area (Å²) in [5.41, 5.74) is 7.01. The highest BCUT2D eigenvalue weighted by Crippen LogP contribution is 2.29. The van der Waals surface area contributed by atoms with Gasteiger partial charge in [-0.05, 0) is 26.0 Å². The molecule has 0 radical (unpaired) electrons. The van der Waals surface area contributed by atoms with Crippen LogP contribution in [0.5, 0.6) is 0 Å². The van der Waals surface area contributed by atoms with E-state index < -0.39 is 5.97 Å². The second-order valence-electron chi connectivity index (χ2n) is 3.96. The van der Waals surface area contributed by atoms with Crippen molar-refractivity contribution in [1.82, 2.24) is 9.55 Å². The van der Waals surface area contributed by atoms with Crippen molar-refractivity contribution in [3.8, 4) is 5.69 Å². The molecule has 1 heterocycles. The molecule has 0 aliphatic rings. The van der Waals surface area contributed by atoms with E-state index in [4.69, 9.17) is 22.1 Å². The van der Waals surface area contributed by atoms with E-state index in [-0.39, 0.29) is 6.61 Å². The van der Waals surface area contributed by atoms with Crippen molar-refractivity contribution in [2.24, 2.45) is 0 Å². The predicted molar refractivity (Wildman–Crippen MR) is 73.7 cm³/mol. The van der Waals surface area contributed by atoms with Crippen LogP contribution in [0.15, 0.2) is 24.5 Å². The van der Waals surface area contributed by atoms with Crippen molar-refractivity contribution in [3.05, 3.63) is 40.9 Å². The van der Waals surface area contributed by atoms with Gasteiger partial charge in [0, 0.05) is 18.1 Å². The molecule has 0 spiro atoms. The zero-order valence-corrected chi connectivity index (χ0v) is 11.4. The van der Waals surface area contributed by atoms with Crippen molar-refractivity contribution >= 4 is 23.3 Å². The number of nitrogens with zero attached hydrogens (tertiary/aromatic N) is 2. The van der Waals surface area contributed by atoms with Crippen molar-refractivity contribution < 1.29 is 9.53 Å². The van der Waals surface area contributed by atoms with Crippen LogP contribution in [0, 0.1) is 6.92 Å². The summed E-state index contributed by atoms with van der Waals surface area (Å²) in [6.45, 7) is 3.85. The number of ether oxygens (including phenoxy) is 1. The first-order valence-electron chi connectivity index (χ1n) is 5.81. The number of benzene rings is 1. The second-order valence-corrected chi connectivity index (χ2v) is 4.37. The number of hydrogen-bond donors (Lipinski definition) is 1. The van der Waals surface area contributed by atoms with Gasteiger partial charge < -0.3 is 15.0 Å². The normalized spacial score (nSPS) is 10.5. The lowest BCUT2D eigenvalue weighted by Crippen LogP contribution is -2.11. The zero-order chi connectivity index (χ0) is 14.0. The van der Waals surface area contributed by atoms with Crippen LogP contribution in [0.4, 0.5) is 5.69 Å². The molecule has 1 aromatic carbocycles. The molecule has 0 amide bonds. The van der Waals surface area contributed by atoms with Gasteiger partial charge in [0.1, 0.15) is 5.82 Å². The third-order valence-electron chi connectivity index (χ3n) is 2.65. The molecule has 100 valence electrons. The van der Waals surface area contributed by atoms with Gasteiger partial charge in [-0.2, -0.15) is 0 Å². The largest absolute Gasteiger partial charge is 0.462 e. The topological polar surface area (TPSA) is 70.1 Å². The van der Waals surface area contributed by atoms with E-state index in [9.17, 15) is 4.79 Å².